The topological polar surface area (TPSA) is 94.1 Å². The predicted molar refractivity (Wildman–Crippen MR) is 259 cm³/mol. The minimum absolute atomic E-state index is 0.0231. The van der Waals surface area contributed by atoms with Crippen molar-refractivity contribution in [1.29, 1.82) is 0 Å². The number of nitrogens with zero attached hydrogens (tertiary/aromatic N) is 1. The molecule has 2 atom stereocenters. The van der Waals surface area contributed by atoms with Crippen molar-refractivity contribution in [2.24, 2.45) is 0 Å². The number of phosphoric ester groups is 1. The summed E-state index contributed by atoms with van der Waals surface area (Å²) in [4.78, 5) is 25.1. The Morgan fingerprint density at radius 2 is 0.951 bits per heavy atom. The molecule has 0 rings (SSSR count). The molecule has 0 aliphatic heterocycles. The Morgan fingerprint density at radius 1 is 0.525 bits per heavy atom. The SMILES string of the molecule is CC/C=C\C/C=C\C/C=C\C/C=C\CCCCCCCCCCCCCCC(=O)OC(COCCCCCCCC/C=C\CCCCCC)COP(=O)([O-])OCC[N+](C)(C)C. The van der Waals surface area contributed by atoms with Crippen molar-refractivity contribution in [3.05, 3.63) is 60.8 Å². The summed E-state index contributed by atoms with van der Waals surface area (Å²) in [5.41, 5.74) is 0. The Hall–Kier alpha value is -1.80. The zero-order valence-electron chi connectivity index (χ0n) is 40.4. The van der Waals surface area contributed by atoms with Crippen molar-refractivity contribution >= 4 is 13.8 Å². The number of rotatable bonds is 46. The van der Waals surface area contributed by atoms with Crippen LogP contribution in [0.1, 0.15) is 206 Å². The standard InChI is InChI=1S/C52H96NO7P/c1-6-8-10-12-14-16-18-20-22-23-24-25-26-27-28-29-30-31-32-33-35-37-39-41-43-45-52(54)60-51(50-59-61(55,56)58-48-46-53(3,4)5)49-57-47-44-42-40-38-36-34-21-19-17-15-13-11-9-7-2/h8,10,14,16-17,19-20,22,24-25,51H,6-7,9,11-13,15,18,21,23,26-50H2,1-5H3/b10-8-,16-14-,19-17-,22-20-,25-24-. The maximum atomic E-state index is 12.7. The first-order valence-corrected chi connectivity index (χ1v) is 26.5. The summed E-state index contributed by atoms with van der Waals surface area (Å²) >= 11 is 0. The second-order valence-electron chi connectivity index (χ2n) is 17.8. The van der Waals surface area contributed by atoms with Gasteiger partial charge in [0.25, 0.3) is 7.82 Å². The molecule has 8 nitrogen and oxygen atoms in total. The minimum atomic E-state index is -4.53. The van der Waals surface area contributed by atoms with Crippen LogP contribution in [0.4, 0.5) is 0 Å². The van der Waals surface area contributed by atoms with Crippen molar-refractivity contribution in [3.8, 4) is 0 Å². The number of hydrogen-bond donors (Lipinski definition) is 0. The predicted octanol–water partition coefficient (Wildman–Crippen LogP) is 14.6. The molecule has 0 aromatic heterocycles. The van der Waals surface area contributed by atoms with Crippen LogP contribution < -0.4 is 4.89 Å². The summed E-state index contributed by atoms with van der Waals surface area (Å²) in [5.74, 6) is -0.339. The van der Waals surface area contributed by atoms with E-state index < -0.39 is 13.9 Å². The lowest BCUT2D eigenvalue weighted by atomic mass is 10.0. The van der Waals surface area contributed by atoms with Crippen LogP contribution in [0.2, 0.25) is 0 Å². The summed E-state index contributed by atoms with van der Waals surface area (Å²) in [6.45, 7) is 5.28. The van der Waals surface area contributed by atoms with Crippen molar-refractivity contribution in [1.82, 2.24) is 0 Å². The first kappa shape index (κ1) is 59.2. The van der Waals surface area contributed by atoms with Gasteiger partial charge in [0.1, 0.15) is 19.3 Å². The van der Waals surface area contributed by atoms with E-state index in [2.05, 4.69) is 74.6 Å². The van der Waals surface area contributed by atoms with E-state index in [-0.39, 0.29) is 25.8 Å². The van der Waals surface area contributed by atoms with Gasteiger partial charge in [-0.25, -0.2) is 0 Å². The molecule has 0 aliphatic rings. The molecule has 0 fully saturated rings. The number of likely N-dealkylation sites (N-methyl/N-ethyl adjacent to an activating group) is 1. The first-order valence-electron chi connectivity index (χ1n) is 25.0. The lowest BCUT2D eigenvalue weighted by Gasteiger charge is -2.28. The molecule has 0 aromatic carbocycles. The number of allylic oxidation sites excluding steroid dienone is 10. The van der Waals surface area contributed by atoms with Crippen molar-refractivity contribution in [3.63, 3.8) is 0 Å². The van der Waals surface area contributed by atoms with Gasteiger partial charge >= 0.3 is 5.97 Å². The van der Waals surface area contributed by atoms with Gasteiger partial charge in [0.15, 0.2) is 0 Å². The highest BCUT2D eigenvalue weighted by molar-refractivity contribution is 7.45. The molecule has 0 saturated carbocycles. The maximum absolute atomic E-state index is 12.7. The van der Waals surface area contributed by atoms with Crippen LogP contribution in [0.25, 0.3) is 0 Å². The first-order chi connectivity index (χ1) is 29.6. The Kier molecular flexibility index (Phi) is 43.5. The summed E-state index contributed by atoms with van der Waals surface area (Å²) in [5, 5.41) is 0. The van der Waals surface area contributed by atoms with Crippen LogP contribution in [0.15, 0.2) is 60.8 Å². The van der Waals surface area contributed by atoms with Gasteiger partial charge in [0.05, 0.1) is 34.4 Å². The van der Waals surface area contributed by atoms with Gasteiger partial charge in [-0.05, 0) is 77.0 Å². The van der Waals surface area contributed by atoms with Crippen LogP contribution in [-0.4, -0.2) is 70.7 Å². The fraction of sp³-hybridized carbons (Fsp3) is 0.788. The largest absolute Gasteiger partial charge is 0.756 e. The van der Waals surface area contributed by atoms with Crippen molar-refractivity contribution in [2.75, 3.05) is 54.1 Å². The van der Waals surface area contributed by atoms with Gasteiger partial charge in [0, 0.05) is 13.0 Å². The molecule has 0 aromatic rings. The molecule has 9 heteroatoms. The Balaban J connectivity index is 4.11. The lowest BCUT2D eigenvalue weighted by molar-refractivity contribution is -0.870. The third kappa shape index (κ3) is 49.1. The number of carbonyl (C=O) groups excluding carboxylic acids is 1. The van der Waals surface area contributed by atoms with E-state index in [1.807, 2.05) is 21.1 Å². The fourth-order valence-electron chi connectivity index (χ4n) is 6.71. The van der Waals surface area contributed by atoms with Crippen LogP contribution in [0.3, 0.4) is 0 Å². The molecule has 0 spiro atoms. The number of ether oxygens (including phenoxy) is 2. The Bertz CT molecular complexity index is 1160. The summed E-state index contributed by atoms with van der Waals surface area (Å²) in [7, 11) is 1.35. The van der Waals surface area contributed by atoms with Crippen LogP contribution >= 0.6 is 7.82 Å². The maximum Gasteiger partial charge on any atom is 0.306 e. The zero-order chi connectivity index (χ0) is 44.8. The number of phosphoric acid groups is 1. The van der Waals surface area contributed by atoms with Crippen molar-refractivity contribution < 1.29 is 37.3 Å². The van der Waals surface area contributed by atoms with Gasteiger partial charge < -0.3 is 27.9 Å². The summed E-state index contributed by atoms with van der Waals surface area (Å²) in [6.07, 6.45) is 56.7. The van der Waals surface area contributed by atoms with Gasteiger partial charge in [-0.15, -0.1) is 0 Å². The van der Waals surface area contributed by atoms with E-state index >= 15 is 0 Å². The molecule has 0 aliphatic carbocycles. The molecule has 0 amide bonds. The quantitative estimate of drug-likeness (QED) is 0.0198. The third-order valence-electron chi connectivity index (χ3n) is 10.6. The molecule has 0 N–H and O–H groups in total. The zero-order valence-corrected chi connectivity index (χ0v) is 41.2. The molecular weight excluding hydrogens is 782 g/mol. The van der Waals surface area contributed by atoms with E-state index in [4.69, 9.17) is 18.5 Å². The molecular formula is C52H96NO7P. The van der Waals surface area contributed by atoms with Gasteiger partial charge in [0.2, 0.25) is 0 Å². The van der Waals surface area contributed by atoms with Gasteiger partial charge in [-0.1, -0.05) is 184 Å². The van der Waals surface area contributed by atoms with Gasteiger partial charge in [-0.3, -0.25) is 9.36 Å². The van der Waals surface area contributed by atoms with E-state index in [9.17, 15) is 14.3 Å². The number of carbonyl (C=O) groups is 1. The molecule has 0 bridgehead atoms. The molecule has 0 radical (unpaired) electrons. The number of unbranched alkanes of at least 4 members (excludes halogenated alkanes) is 22. The summed E-state index contributed by atoms with van der Waals surface area (Å²) in [6, 6.07) is 0. The van der Waals surface area contributed by atoms with E-state index in [0.717, 1.165) is 57.8 Å². The third-order valence-corrected chi connectivity index (χ3v) is 11.5. The molecule has 0 saturated heterocycles. The normalized spacial score (nSPS) is 14.1. The summed E-state index contributed by atoms with van der Waals surface area (Å²) < 4.78 is 34.7. The van der Waals surface area contributed by atoms with Crippen LogP contribution in [0, 0.1) is 0 Å². The average Bonchev–Trinajstić information content (AvgIpc) is 3.22. The van der Waals surface area contributed by atoms with E-state index in [1.54, 1.807) is 0 Å². The fourth-order valence-corrected chi connectivity index (χ4v) is 7.44. The van der Waals surface area contributed by atoms with Crippen molar-refractivity contribution in [2.45, 2.75) is 213 Å². The smallest absolute Gasteiger partial charge is 0.306 e. The molecule has 356 valence electrons. The second kappa shape index (κ2) is 44.8. The number of esters is 1. The molecule has 2 unspecified atom stereocenters. The molecule has 0 heterocycles. The average molecular weight is 878 g/mol. The highest BCUT2D eigenvalue weighted by Gasteiger charge is 2.20. The Labute approximate surface area is 377 Å². The monoisotopic (exact) mass is 878 g/mol. The minimum Gasteiger partial charge on any atom is -0.756 e. The van der Waals surface area contributed by atoms with E-state index in [0.29, 0.717) is 24.1 Å². The number of quaternary nitrogens is 1. The highest BCUT2D eigenvalue weighted by Crippen LogP contribution is 2.38. The highest BCUT2D eigenvalue weighted by atomic mass is 31.2. The van der Waals surface area contributed by atoms with Gasteiger partial charge in [-0.2, -0.15) is 0 Å². The Morgan fingerprint density at radius 3 is 1.44 bits per heavy atom. The van der Waals surface area contributed by atoms with E-state index in [1.165, 1.54) is 128 Å². The van der Waals surface area contributed by atoms with Crippen LogP contribution in [-0.2, 0) is 27.9 Å². The lowest BCUT2D eigenvalue weighted by Crippen LogP contribution is -2.37. The second-order valence-corrected chi connectivity index (χ2v) is 19.2. The number of hydrogen-bond acceptors (Lipinski definition) is 7. The molecule has 61 heavy (non-hydrogen) atoms. The van der Waals surface area contributed by atoms with Crippen LogP contribution in [0.5, 0.6) is 0 Å².